The molecule has 2 atom stereocenters. The average Bonchev–Trinajstić information content (AvgIpc) is 3.20. The SMILES string of the molecule is O=C1c2cccn2C[C@@H]1[C@H](O)c1cc[n+](Cc2ccc(Br)cc2)cc1. The number of carbonyl (C=O) groups excluding carboxylic acids is 1. The number of rotatable bonds is 4. The van der Waals surface area contributed by atoms with Crippen LogP contribution in [0.25, 0.3) is 0 Å². The molecule has 3 aromatic rings. The van der Waals surface area contributed by atoms with Gasteiger partial charge < -0.3 is 9.67 Å². The number of nitrogens with zero attached hydrogens (tertiary/aromatic N) is 2. The van der Waals surface area contributed by atoms with Crippen molar-refractivity contribution in [1.29, 1.82) is 0 Å². The first-order valence-electron chi connectivity index (χ1n) is 8.23. The molecule has 0 bridgehead atoms. The summed E-state index contributed by atoms with van der Waals surface area (Å²) in [6, 6.07) is 15.7. The summed E-state index contributed by atoms with van der Waals surface area (Å²) in [5.74, 6) is -0.386. The molecule has 0 saturated heterocycles. The van der Waals surface area contributed by atoms with E-state index in [2.05, 4.69) is 32.6 Å². The Hall–Kier alpha value is -2.24. The second-order valence-electron chi connectivity index (χ2n) is 6.39. The molecule has 126 valence electrons. The highest BCUT2D eigenvalue weighted by Gasteiger charge is 2.36. The lowest BCUT2D eigenvalue weighted by molar-refractivity contribution is -0.688. The van der Waals surface area contributed by atoms with Crippen molar-refractivity contribution in [1.82, 2.24) is 4.57 Å². The van der Waals surface area contributed by atoms with Crippen molar-refractivity contribution in [3.8, 4) is 0 Å². The van der Waals surface area contributed by atoms with Gasteiger partial charge >= 0.3 is 0 Å². The Morgan fingerprint density at radius 3 is 2.56 bits per heavy atom. The molecule has 0 spiro atoms. The number of aromatic nitrogens is 2. The van der Waals surface area contributed by atoms with Crippen molar-refractivity contribution < 1.29 is 14.5 Å². The fourth-order valence-electron chi connectivity index (χ4n) is 3.33. The molecule has 25 heavy (non-hydrogen) atoms. The summed E-state index contributed by atoms with van der Waals surface area (Å²) in [6.45, 7) is 1.30. The number of pyridine rings is 1. The van der Waals surface area contributed by atoms with Gasteiger partial charge in [-0.25, -0.2) is 4.57 Å². The van der Waals surface area contributed by atoms with E-state index in [1.807, 2.05) is 59.6 Å². The maximum atomic E-state index is 12.4. The monoisotopic (exact) mass is 397 g/mol. The van der Waals surface area contributed by atoms with Crippen LogP contribution in [0, 0.1) is 5.92 Å². The van der Waals surface area contributed by atoms with Crippen LogP contribution in [0.5, 0.6) is 0 Å². The number of aliphatic hydroxyl groups is 1. The molecule has 5 heteroatoms. The number of carbonyl (C=O) groups is 1. The number of Topliss-reactive ketones (excluding diaryl/α,β-unsaturated/α-hetero) is 1. The maximum absolute atomic E-state index is 12.4. The zero-order chi connectivity index (χ0) is 17.4. The molecule has 0 amide bonds. The number of aliphatic hydroxyl groups excluding tert-OH is 1. The summed E-state index contributed by atoms with van der Waals surface area (Å²) in [7, 11) is 0. The molecule has 0 saturated carbocycles. The van der Waals surface area contributed by atoms with Gasteiger partial charge in [0.15, 0.2) is 24.7 Å². The Morgan fingerprint density at radius 1 is 1.16 bits per heavy atom. The summed E-state index contributed by atoms with van der Waals surface area (Å²) < 4.78 is 5.03. The van der Waals surface area contributed by atoms with Gasteiger partial charge in [-0.05, 0) is 29.8 Å². The highest BCUT2D eigenvalue weighted by atomic mass is 79.9. The third kappa shape index (κ3) is 3.17. The molecule has 1 N–H and O–H groups in total. The zero-order valence-corrected chi connectivity index (χ0v) is 15.1. The summed E-state index contributed by atoms with van der Waals surface area (Å²) in [4.78, 5) is 12.4. The van der Waals surface area contributed by atoms with E-state index in [9.17, 15) is 9.90 Å². The lowest BCUT2D eigenvalue weighted by Crippen LogP contribution is -2.33. The molecule has 4 rings (SSSR count). The quantitative estimate of drug-likeness (QED) is 0.687. The van der Waals surface area contributed by atoms with Crippen molar-refractivity contribution in [2.75, 3.05) is 0 Å². The zero-order valence-electron chi connectivity index (χ0n) is 13.5. The smallest absolute Gasteiger partial charge is 0.187 e. The number of hydrogen-bond acceptors (Lipinski definition) is 2. The second-order valence-corrected chi connectivity index (χ2v) is 7.31. The van der Waals surface area contributed by atoms with Gasteiger partial charge in [0.25, 0.3) is 0 Å². The van der Waals surface area contributed by atoms with Gasteiger partial charge in [-0.15, -0.1) is 0 Å². The Labute approximate surface area is 154 Å². The number of hydrogen-bond donors (Lipinski definition) is 1. The van der Waals surface area contributed by atoms with Crippen LogP contribution in [0.15, 0.2) is 71.6 Å². The van der Waals surface area contributed by atoms with Gasteiger partial charge in [-0.3, -0.25) is 4.79 Å². The third-order valence-corrected chi connectivity index (χ3v) is 5.26. The molecular formula is C20H18BrN2O2+. The fraction of sp³-hybridized carbons (Fsp3) is 0.200. The van der Waals surface area contributed by atoms with Gasteiger partial charge in [0.1, 0.15) is 0 Å². The van der Waals surface area contributed by atoms with Gasteiger partial charge in [0.05, 0.1) is 17.7 Å². The molecule has 1 aliphatic rings. The topological polar surface area (TPSA) is 46.1 Å². The van der Waals surface area contributed by atoms with E-state index >= 15 is 0 Å². The predicted octanol–water partition coefficient (Wildman–Crippen LogP) is 3.13. The maximum Gasteiger partial charge on any atom is 0.187 e. The van der Waals surface area contributed by atoms with Crippen LogP contribution in [-0.2, 0) is 13.1 Å². The first kappa shape index (κ1) is 16.2. The van der Waals surface area contributed by atoms with E-state index in [0.29, 0.717) is 12.2 Å². The van der Waals surface area contributed by atoms with Crippen molar-refractivity contribution in [2.45, 2.75) is 19.2 Å². The molecule has 0 unspecified atom stereocenters. The standard InChI is InChI=1S/C20H18BrN2O2/c21-16-5-3-14(4-6-16)12-22-10-7-15(8-11-22)19(24)17-13-23-9-1-2-18(23)20(17)25/h1-11,17,19,24H,12-13H2/q+1/t17-,19-/m1/s1. The minimum Gasteiger partial charge on any atom is -0.388 e. The Balaban J connectivity index is 1.47. The highest BCUT2D eigenvalue weighted by molar-refractivity contribution is 9.10. The van der Waals surface area contributed by atoms with Crippen molar-refractivity contribution in [3.63, 3.8) is 0 Å². The van der Waals surface area contributed by atoms with Crippen LogP contribution in [-0.4, -0.2) is 15.5 Å². The van der Waals surface area contributed by atoms with Crippen molar-refractivity contribution >= 4 is 21.7 Å². The van der Waals surface area contributed by atoms with Crippen LogP contribution in [0.2, 0.25) is 0 Å². The normalized spacial score (nSPS) is 17.5. The van der Waals surface area contributed by atoms with E-state index in [1.54, 1.807) is 0 Å². The molecule has 0 aliphatic carbocycles. The molecule has 2 aromatic heterocycles. The summed E-state index contributed by atoms with van der Waals surface area (Å²) in [5.41, 5.74) is 2.66. The molecule has 0 fully saturated rings. The largest absolute Gasteiger partial charge is 0.388 e. The Kier molecular flexibility index (Phi) is 4.27. The number of benzene rings is 1. The van der Waals surface area contributed by atoms with Crippen LogP contribution in [0.4, 0.5) is 0 Å². The lowest BCUT2D eigenvalue weighted by Gasteiger charge is -2.16. The first-order chi connectivity index (χ1) is 12.1. The lowest BCUT2D eigenvalue weighted by atomic mass is 9.93. The Bertz CT molecular complexity index is 900. The van der Waals surface area contributed by atoms with E-state index in [-0.39, 0.29) is 5.78 Å². The molecule has 1 aromatic carbocycles. The van der Waals surface area contributed by atoms with Crippen LogP contribution < -0.4 is 4.57 Å². The molecule has 0 radical (unpaired) electrons. The molecular weight excluding hydrogens is 380 g/mol. The van der Waals surface area contributed by atoms with Crippen molar-refractivity contribution in [2.24, 2.45) is 5.92 Å². The fourth-order valence-corrected chi connectivity index (χ4v) is 3.59. The van der Waals surface area contributed by atoms with Crippen LogP contribution in [0.1, 0.15) is 27.7 Å². The minimum atomic E-state index is -0.783. The predicted molar refractivity (Wildman–Crippen MR) is 97.1 cm³/mol. The summed E-state index contributed by atoms with van der Waals surface area (Å²) in [5, 5.41) is 10.6. The molecule has 1 aliphatic heterocycles. The number of fused-ring (bicyclic) bond motifs is 1. The Morgan fingerprint density at radius 2 is 1.88 bits per heavy atom. The second kappa shape index (κ2) is 6.58. The molecule has 4 nitrogen and oxygen atoms in total. The molecule has 3 heterocycles. The first-order valence-corrected chi connectivity index (χ1v) is 9.02. The van der Waals surface area contributed by atoms with E-state index in [4.69, 9.17) is 0 Å². The van der Waals surface area contributed by atoms with E-state index < -0.39 is 12.0 Å². The van der Waals surface area contributed by atoms with Gasteiger partial charge in [0.2, 0.25) is 0 Å². The summed E-state index contributed by atoms with van der Waals surface area (Å²) in [6.07, 6.45) is 4.99. The van der Waals surface area contributed by atoms with Crippen LogP contribution in [0.3, 0.4) is 0 Å². The van der Waals surface area contributed by atoms with Gasteiger partial charge in [-0.1, -0.05) is 28.1 Å². The highest BCUT2D eigenvalue weighted by Crippen LogP contribution is 2.31. The van der Waals surface area contributed by atoms with Gasteiger partial charge in [0, 0.05) is 34.9 Å². The number of ketones is 1. The average molecular weight is 398 g/mol. The minimum absolute atomic E-state index is 0.0177. The summed E-state index contributed by atoms with van der Waals surface area (Å²) >= 11 is 3.44. The van der Waals surface area contributed by atoms with E-state index in [1.165, 1.54) is 5.56 Å². The number of halogens is 1. The van der Waals surface area contributed by atoms with Crippen molar-refractivity contribution in [3.05, 3.63) is 88.4 Å². The van der Waals surface area contributed by atoms with Crippen LogP contribution >= 0.6 is 15.9 Å². The van der Waals surface area contributed by atoms with Gasteiger partial charge in [-0.2, -0.15) is 0 Å². The third-order valence-electron chi connectivity index (χ3n) is 4.73. The van der Waals surface area contributed by atoms with E-state index in [0.717, 1.165) is 16.6 Å².